The molecule has 5 aromatic rings. The van der Waals surface area contributed by atoms with E-state index in [2.05, 4.69) is 54.4 Å². The Labute approximate surface area is 151 Å². The summed E-state index contributed by atoms with van der Waals surface area (Å²) >= 11 is 0. The fourth-order valence-electron chi connectivity index (χ4n) is 3.49. The molecule has 124 valence electrons. The van der Waals surface area contributed by atoms with Crippen LogP contribution in [0.25, 0.3) is 44.3 Å². The zero-order chi connectivity index (χ0) is 17.5. The predicted molar refractivity (Wildman–Crippen MR) is 107 cm³/mol. The molecular formula is C24H17NO. The van der Waals surface area contributed by atoms with Crippen molar-refractivity contribution in [3.05, 3.63) is 90.6 Å². The first-order valence-corrected chi connectivity index (χ1v) is 8.73. The van der Waals surface area contributed by atoms with Crippen LogP contribution in [-0.4, -0.2) is 4.98 Å². The predicted octanol–water partition coefficient (Wildman–Crippen LogP) is 6.62. The summed E-state index contributed by atoms with van der Waals surface area (Å²) < 4.78 is 6.05. The Morgan fingerprint density at radius 2 is 1.46 bits per heavy atom. The molecule has 0 amide bonds. The van der Waals surface area contributed by atoms with Crippen molar-refractivity contribution in [2.75, 3.05) is 0 Å². The summed E-state index contributed by atoms with van der Waals surface area (Å²) in [5.74, 6) is 0. The number of rotatable bonds is 2. The van der Waals surface area contributed by atoms with Gasteiger partial charge >= 0.3 is 0 Å². The number of benzene rings is 3. The molecule has 5 rings (SSSR count). The number of para-hydroxylation sites is 1. The second-order valence-corrected chi connectivity index (χ2v) is 6.56. The zero-order valence-corrected chi connectivity index (χ0v) is 14.4. The van der Waals surface area contributed by atoms with Crippen molar-refractivity contribution in [3.8, 4) is 22.4 Å². The van der Waals surface area contributed by atoms with Crippen LogP contribution in [0.4, 0.5) is 0 Å². The van der Waals surface area contributed by atoms with E-state index in [0.717, 1.165) is 44.3 Å². The molecule has 3 aromatic carbocycles. The minimum Gasteiger partial charge on any atom is -0.456 e. The van der Waals surface area contributed by atoms with Gasteiger partial charge in [-0.05, 0) is 47.9 Å². The van der Waals surface area contributed by atoms with E-state index in [0.29, 0.717) is 0 Å². The highest BCUT2D eigenvalue weighted by Gasteiger charge is 2.10. The maximum atomic E-state index is 6.05. The van der Waals surface area contributed by atoms with Crippen LogP contribution in [0.3, 0.4) is 0 Å². The lowest BCUT2D eigenvalue weighted by Crippen LogP contribution is -1.89. The Hall–Kier alpha value is -3.39. The first-order chi connectivity index (χ1) is 12.8. The second kappa shape index (κ2) is 5.85. The van der Waals surface area contributed by atoms with Gasteiger partial charge in [0.15, 0.2) is 0 Å². The van der Waals surface area contributed by atoms with Gasteiger partial charge in [-0.2, -0.15) is 0 Å². The van der Waals surface area contributed by atoms with Gasteiger partial charge in [-0.25, -0.2) is 0 Å². The molecule has 0 radical (unpaired) electrons. The molecule has 0 saturated heterocycles. The summed E-state index contributed by atoms with van der Waals surface area (Å²) in [6.07, 6.45) is 1.94. The van der Waals surface area contributed by atoms with E-state index in [-0.39, 0.29) is 0 Å². The highest BCUT2D eigenvalue weighted by Crippen LogP contribution is 2.34. The normalized spacial score (nSPS) is 11.3. The summed E-state index contributed by atoms with van der Waals surface area (Å²) in [6, 6.07) is 27.1. The van der Waals surface area contributed by atoms with Gasteiger partial charge in [-0.15, -0.1) is 0 Å². The van der Waals surface area contributed by atoms with E-state index in [1.165, 1.54) is 5.56 Å². The lowest BCUT2D eigenvalue weighted by molar-refractivity contribution is 0.669. The Bertz CT molecular complexity index is 1240. The molecule has 0 N–H and O–H groups in total. The van der Waals surface area contributed by atoms with Crippen molar-refractivity contribution in [3.63, 3.8) is 0 Å². The monoisotopic (exact) mass is 335 g/mol. The van der Waals surface area contributed by atoms with Crippen LogP contribution in [0.5, 0.6) is 0 Å². The molecule has 0 fully saturated rings. The van der Waals surface area contributed by atoms with Crippen LogP contribution in [-0.2, 0) is 0 Å². The molecule has 2 heterocycles. The molecule has 0 aliphatic rings. The maximum Gasteiger partial charge on any atom is 0.136 e. The standard InChI is InChI=1S/C24H17NO/c1-16-15-25-22(17-7-3-2-4-8-17)14-21(16)18-11-12-20-19-9-5-6-10-23(19)26-24(20)13-18/h2-15H,1H3. The van der Waals surface area contributed by atoms with E-state index < -0.39 is 0 Å². The SMILES string of the molecule is Cc1cnc(-c2ccccc2)cc1-c1ccc2c(c1)oc1ccccc12. The van der Waals surface area contributed by atoms with Crippen molar-refractivity contribution in [1.29, 1.82) is 0 Å². The summed E-state index contributed by atoms with van der Waals surface area (Å²) in [6.45, 7) is 2.10. The number of fused-ring (bicyclic) bond motifs is 3. The molecule has 0 unspecified atom stereocenters. The van der Waals surface area contributed by atoms with Gasteiger partial charge in [-0.3, -0.25) is 4.98 Å². The van der Waals surface area contributed by atoms with Gasteiger partial charge < -0.3 is 4.42 Å². The maximum absolute atomic E-state index is 6.05. The van der Waals surface area contributed by atoms with Crippen molar-refractivity contribution >= 4 is 21.9 Å². The molecule has 0 atom stereocenters. The van der Waals surface area contributed by atoms with Gasteiger partial charge in [-0.1, -0.05) is 54.6 Å². The first-order valence-electron chi connectivity index (χ1n) is 8.73. The van der Waals surface area contributed by atoms with Crippen molar-refractivity contribution < 1.29 is 4.42 Å². The van der Waals surface area contributed by atoms with Gasteiger partial charge in [0.05, 0.1) is 5.69 Å². The number of pyridine rings is 1. The van der Waals surface area contributed by atoms with Crippen molar-refractivity contribution in [2.24, 2.45) is 0 Å². The Morgan fingerprint density at radius 3 is 2.35 bits per heavy atom. The number of aromatic nitrogens is 1. The molecule has 26 heavy (non-hydrogen) atoms. The van der Waals surface area contributed by atoms with Gasteiger partial charge in [0.1, 0.15) is 11.2 Å². The first kappa shape index (κ1) is 14.9. The largest absolute Gasteiger partial charge is 0.456 e. The lowest BCUT2D eigenvalue weighted by atomic mass is 9.98. The molecular weight excluding hydrogens is 318 g/mol. The summed E-state index contributed by atoms with van der Waals surface area (Å²) in [4.78, 5) is 4.61. The smallest absolute Gasteiger partial charge is 0.136 e. The van der Waals surface area contributed by atoms with Crippen molar-refractivity contribution in [1.82, 2.24) is 4.98 Å². The molecule has 0 saturated carbocycles. The molecule has 2 aromatic heterocycles. The van der Waals surface area contributed by atoms with Crippen LogP contribution in [0, 0.1) is 6.92 Å². The third-order valence-electron chi connectivity index (χ3n) is 4.86. The van der Waals surface area contributed by atoms with Gasteiger partial charge in [0.2, 0.25) is 0 Å². The molecule has 0 spiro atoms. The summed E-state index contributed by atoms with van der Waals surface area (Å²) in [7, 11) is 0. The number of aryl methyl sites for hydroxylation is 1. The van der Waals surface area contributed by atoms with Crippen molar-refractivity contribution in [2.45, 2.75) is 6.92 Å². The average molecular weight is 335 g/mol. The topological polar surface area (TPSA) is 26.0 Å². The fourth-order valence-corrected chi connectivity index (χ4v) is 3.49. The van der Waals surface area contributed by atoms with E-state index in [1.807, 2.05) is 42.6 Å². The Balaban J connectivity index is 1.68. The number of nitrogens with zero attached hydrogens (tertiary/aromatic N) is 1. The highest BCUT2D eigenvalue weighted by atomic mass is 16.3. The Morgan fingerprint density at radius 1 is 0.692 bits per heavy atom. The van der Waals surface area contributed by atoms with Crippen LogP contribution in [0.2, 0.25) is 0 Å². The van der Waals surface area contributed by atoms with Crippen LogP contribution >= 0.6 is 0 Å². The fraction of sp³-hybridized carbons (Fsp3) is 0.0417. The Kier molecular flexibility index (Phi) is 3.36. The molecule has 0 aliphatic heterocycles. The second-order valence-electron chi connectivity index (χ2n) is 6.56. The number of hydrogen-bond donors (Lipinski definition) is 0. The van der Waals surface area contributed by atoms with Crippen LogP contribution < -0.4 is 0 Å². The molecule has 2 heteroatoms. The summed E-state index contributed by atoms with van der Waals surface area (Å²) in [5.41, 5.74) is 7.43. The third kappa shape index (κ3) is 2.39. The van der Waals surface area contributed by atoms with Gasteiger partial charge in [0.25, 0.3) is 0 Å². The van der Waals surface area contributed by atoms with Gasteiger partial charge in [0, 0.05) is 22.5 Å². The van der Waals surface area contributed by atoms with Crippen LogP contribution in [0.15, 0.2) is 89.5 Å². The quantitative estimate of drug-likeness (QED) is 0.362. The number of hydrogen-bond acceptors (Lipinski definition) is 2. The van der Waals surface area contributed by atoms with E-state index in [9.17, 15) is 0 Å². The molecule has 0 aliphatic carbocycles. The molecule has 2 nitrogen and oxygen atoms in total. The zero-order valence-electron chi connectivity index (χ0n) is 14.4. The van der Waals surface area contributed by atoms with E-state index in [1.54, 1.807) is 0 Å². The lowest BCUT2D eigenvalue weighted by Gasteiger charge is -2.09. The number of furan rings is 1. The molecule has 0 bridgehead atoms. The minimum absolute atomic E-state index is 0.918. The van der Waals surface area contributed by atoms with E-state index >= 15 is 0 Å². The minimum atomic E-state index is 0.918. The third-order valence-corrected chi connectivity index (χ3v) is 4.86. The average Bonchev–Trinajstić information content (AvgIpc) is 3.07. The van der Waals surface area contributed by atoms with Crippen LogP contribution in [0.1, 0.15) is 5.56 Å². The summed E-state index contributed by atoms with van der Waals surface area (Å²) in [5, 5.41) is 2.31. The highest BCUT2D eigenvalue weighted by molar-refractivity contribution is 6.05. The van der Waals surface area contributed by atoms with E-state index in [4.69, 9.17) is 4.42 Å².